The fourth-order valence-electron chi connectivity index (χ4n) is 1.66. The molecule has 0 aliphatic carbocycles. The van der Waals surface area contributed by atoms with Crippen molar-refractivity contribution < 1.29 is 9.59 Å². The van der Waals surface area contributed by atoms with Gasteiger partial charge in [0.05, 0.1) is 0 Å². The van der Waals surface area contributed by atoms with Crippen molar-refractivity contribution in [2.75, 3.05) is 0 Å². The van der Waals surface area contributed by atoms with Crippen LogP contribution in [0.4, 0.5) is 0 Å². The monoisotopic (exact) mass is 277 g/mol. The maximum atomic E-state index is 12.2. The van der Waals surface area contributed by atoms with Crippen LogP contribution in [-0.2, 0) is 11.3 Å². The van der Waals surface area contributed by atoms with Crippen LogP contribution < -0.4 is 5.73 Å². The molecule has 2 N–H and O–H groups in total. The van der Waals surface area contributed by atoms with Gasteiger partial charge in [-0.2, -0.15) is 0 Å². The summed E-state index contributed by atoms with van der Waals surface area (Å²) in [7, 11) is 0. The zero-order valence-corrected chi connectivity index (χ0v) is 10.8. The van der Waals surface area contributed by atoms with Crippen molar-refractivity contribution in [2.45, 2.75) is 13.0 Å². The highest BCUT2D eigenvalue weighted by Gasteiger charge is 2.15. The summed E-state index contributed by atoms with van der Waals surface area (Å²) in [6, 6.07) is 6.56. The Kier molecular flexibility index (Phi) is 3.97. The average molecular weight is 278 g/mol. The normalized spacial score (nSPS) is 10.4. The number of imidazole rings is 1. The number of aromatic nitrogens is 2. The number of ketones is 1. The number of rotatable bonds is 5. The first-order chi connectivity index (χ1) is 9.08. The molecule has 2 rings (SSSR count). The van der Waals surface area contributed by atoms with Gasteiger partial charge >= 0.3 is 0 Å². The van der Waals surface area contributed by atoms with E-state index in [-0.39, 0.29) is 18.0 Å². The van der Waals surface area contributed by atoms with Crippen molar-refractivity contribution in [2.24, 2.45) is 5.73 Å². The average Bonchev–Trinajstić information content (AvgIpc) is 2.84. The summed E-state index contributed by atoms with van der Waals surface area (Å²) < 4.78 is 1.61. The third-order valence-electron chi connectivity index (χ3n) is 2.62. The number of nitrogens with two attached hydrogens (primary N) is 1. The van der Waals surface area contributed by atoms with Gasteiger partial charge in [-0.05, 0) is 24.3 Å². The lowest BCUT2D eigenvalue weighted by molar-refractivity contribution is -0.118. The Morgan fingerprint density at radius 1 is 1.26 bits per heavy atom. The van der Waals surface area contributed by atoms with Gasteiger partial charge in [0.2, 0.25) is 11.7 Å². The second-order valence-corrected chi connectivity index (χ2v) is 4.43. The molecule has 0 fully saturated rings. The van der Waals surface area contributed by atoms with Crippen LogP contribution in [0.25, 0.3) is 0 Å². The van der Waals surface area contributed by atoms with Gasteiger partial charge in [-0.15, -0.1) is 0 Å². The standard InChI is InChI=1S/C13H12ClN3O2/c14-10-3-1-9(2-4-10)12(19)13-16-6-8-17(13)7-5-11(15)18/h1-4,6,8H,5,7H2,(H2,15,18). The molecule has 0 unspecified atom stereocenters. The maximum Gasteiger partial charge on any atom is 0.228 e. The van der Waals surface area contributed by atoms with Crippen LogP contribution in [0, 0.1) is 0 Å². The van der Waals surface area contributed by atoms with Gasteiger partial charge in [-0.1, -0.05) is 11.6 Å². The summed E-state index contributed by atoms with van der Waals surface area (Å²) in [6.07, 6.45) is 3.33. The molecule has 1 heterocycles. The summed E-state index contributed by atoms with van der Waals surface area (Å²) >= 11 is 5.77. The van der Waals surface area contributed by atoms with Gasteiger partial charge in [-0.3, -0.25) is 9.59 Å². The molecule has 1 amide bonds. The van der Waals surface area contributed by atoms with Crippen molar-refractivity contribution >= 4 is 23.3 Å². The lowest BCUT2D eigenvalue weighted by Crippen LogP contribution is -2.17. The van der Waals surface area contributed by atoms with Crippen molar-refractivity contribution in [3.8, 4) is 0 Å². The fourth-order valence-corrected chi connectivity index (χ4v) is 1.79. The van der Waals surface area contributed by atoms with Crippen molar-refractivity contribution in [1.29, 1.82) is 0 Å². The van der Waals surface area contributed by atoms with Crippen LogP contribution in [0.1, 0.15) is 22.6 Å². The Balaban J connectivity index is 2.22. The van der Waals surface area contributed by atoms with E-state index >= 15 is 0 Å². The predicted octanol–water partition coefficient (Wildman–Crippen LogP) is 1.64. The predicted molar refractivity (Wildman–Crippen MR) is 70.9 cm³/mol. The molecule has 0 aliphatic heterocycles. The van der Waals surface area contributed by atoms with E-state index in [9.17, 15) is 9.59 Å². The molecule has 0 atom stereocenters. The first kappa shape index (κ1) is 13.3. The van der Waals surface area contributed by atoms with E-state index in [4.69, 9.17) is 17.3 Å². The quantitative estimate of drug-likeness (QED) is 0.844. The van der Waals surface area contributed by atoms with Crippen LogP contribution in [0.15, 0.2) is 36.7 Å². The molecule has 2 aromatic rings. The number of primary amides is 1. The molecule has 1 aromatic heterocycles. The first-order valence-electron chi connectivity index (χ1n) is 5.67. The Bertz CT molecular complexity index is 605. The van der Waals surface area contributed by atoms with E-state index in [0.717, 1.165) is 0 Å². The van der Waals surface area contributed by atoms with Crippen LogP contribution in [0.5, 0.6) is 0 Å². The minimum Gasteiger partial charge on any atom is -0.370 e. The van der Waals surface area contributed by atoms with Crippen molar-refractivity contribution in [3.05, 3.63) is 53.1 Å². The first-order valence-corrected chi connectivity index (χ1v) is 6.05. The fraction of sp³-hybridized carbons (Fsp3) is 0.154. The van der Waals surface area contributed by atoms with Crippen molar-refractivity contribution in [3.63, 3.8) is 0 Å². The summed E-state index contributed by atoms with van der Waals surface area (Å²) in [6.45, 7) is 0.337. The van der Waals surface area contributed by atoms with Gasteiger partial charge in [0.15, 0.2) is 5.82 Å². The zero-order valence-electron chi connectivity index (χ0n) is 10.0. The SMILES string of the molecule is NC(=O)CCn1ccnc1C(=O)c1ccc(Cl)cc1. The van der Waals surface area contributed by atoms with Gasteiger partial charge in [0.1, 0.15) is 0 Å². The molecular weight excluding hydrogens is 266 g/mol. The van der Waals surface area contributed by atoms with Crippen LogP contribution in [0.2, 0.25) is 5.02 Å². The Morgan fingerprint density at radius 3 is 2.58 bits per heavy atom. The number of hydrogen-bond donors (Lipinski definition) is 1. The van der Waals surface area contributed by atoms with E-state index in [0.29, 0.717) is 17.1 Å². The number of carbonyl (C=O) groups is 2. The molecule has 1 aromatic carbocycles. The second-order valence-electron chi connectivity index (χ2n) is 4.00. The number of amides is 1. The van der Waals surface area contributed by atoms with Crippen LogP contribution in [-0.4, -0.2) is 21.2 Å². The van der Waals surface area contributed by atoms with Gasteiger partial charge in [0, 0.05) is 35.9 Å². The highest BCUT2D eigenvalue weighted by molar-refractivity contribution is 6.30. The summed E-state index contributed by atoms with van der Waals surface area (Å²) in [5.41, 5.74) is 5.59. The molecule has 0 spiro atoms. The minimum atomic E-state index is -0.418. The lowest BCUT2D eigenvalue weighted by atomic mass is 10.1. The Morgan fingerprint density at radius 2 is 1.95 bits per heavy atom. The van der Waals surface area contributed by atoms with Gasteiger partial charge in [-0.25, -0.2) is 4.98 Å². The molecule has 0 saturated carbocycles. The van der Waals surface area contributed by atoms with E-state index in [1.165, 1.54) is 6.20 Å². The Hall–Kier alpha value is -2.14. The van der Waals surface area contributed by atoms with Gasteiger partial charge < -0.3 is 10.3 Å². The minimum absolute atomic E-state index is 0.164. The van der Waals surface area contributed by atoms with E-state index in [2.05, 4.69) is 4.98 Å². The highest BCUT2D eigenvalue weighted by atomic mass is 35.5. The molecule has 98 valence electrons. The number of carbonyl (C=O) groups excluding carboxylic acids is 2. The smallest absolute Gasteiger partial charge is 0.228 e. The molecule has 0 radical (unpaired) electrons. The molecule has 0 saturated heterocycles. The number of halogens is 1. The summed E-state index contributed by atoms with van der Waals surface area (Å²) in [5.74, 6) is -0.353. The molecule has 19 heavy (non-hydrogen) atoms. The van der Waals surface area contributed by atoms with E-state index < -0.39 is 5.91 Å². The number of hydrogen-bond acceptors (Lipinski definition) is 3. The Labute approximate surface area is 115 Å². The topological polar surface area (TPSA) is 78.0 Å². The van der Waals surface area contributed by atoms with Crippen LogP contribution in [0.3, 0.4) is 0 Å². The summed E-state index contributed by atoms with van der Waals surface area (Å²) in [4.78, 5) is 27.0. The largest absolute Gasteiger partial charge is 0.370 e. The zero-order chi connectivity index (χ0) is 13.8. The number of benzene rings is 1. The maximum absolute atomic E-state index is 12.2. The molecule has 0 aliphatic rings. The molecule has 0 bridgehead atoms. The second kappa shape index (κ2) is 5.67. The summed E-state index contributed by atoms with van der Waals surface area (Å²) in [5, 5.41) is 0.564. The third-order valence-corrected chi connectivity index (χ3v) is 2.88. The van der Waals surface area contributed by atoms with E-state index in [1.807, 2.05) is 0 Å². The third kappa shape index (κ3) is 3.20. The molecule has 5 nitrogen and oxygen atoms in total. The molecular formula is C13H12ClN3O2. The number of nitrogens with zero attached hydrogens (tertiary/aromatic N) is 2. The van der Waals surface area contributed by atoms with Gasteiger partial charge in [0.25, 0.3) is 0 Å². The lowest BCUT2D eigenvalue weighted by Gasteiger charge is -2.05. The molecule has 6 heteroatoms. The highest BCUT2D eigenvalue weighted by Crippen LogP contribution is 2.13. The van der Waals surface area contributed by atoms with Crippen molar-refractivity contribution in [1.82, 2.24) is 9.55 Å². The van der Waals surface area contributed by atoms with Crippen LogP contribution >= 0.6 is 11.6 Å². The van der Waals surface area contributed by atoms with E-state index in [1.54, 1.807) is 35.0 Å². The number of aryl methyl sites for hydroxylation is 1.